The Balaban J connectivity index is 1.32. The number of carbonyl (C=O) groups is 1. The number of hydrogen-bond donors (Lipinski definition) is 0. The topological polar surface area (TPSA) is 68.2 Å². The van der Waals surface area contributed by atoms with Crippen molar-refractivity contribution >= 4 is 40.3 Å². The first-order valence-electron chi connectivity index (χ1n) is 8.44. The maximum Gasteiger partial charge on any atom is 0.253 e. The molecule has 1 fully saturated rings. The zero-order chi connectivity index (χ0) is 17.9. The summed E-state index contributed by atoms with van der Waals surface area (Å²) >= 11 is 7.22. The van der Waals surface area contributed by atoms with Gasteiger partial charge in [0.1, 0.15) is 21.8 Å². The highest BCUT2D eigenvalue weighted by Crippen LogP contribution is 2.25. The summed E-state index contributed by atoms with van der Waals surface area (Å²) in [6.45, 7) is 2.05. The molecule has 0 radical (unpaired) electrons. The fourth-order valence-electron chi connectivity index (χ4n) is 3.09. The van der Waals surface area contributed by atoms with E-state index in [-0.39, 0.29) is 5.91 Å². The van der Waals surface area contributed by atoms with Crippen LogP contribution in [0.1, 0.15) is 23.2 Å². The summed E-state index contributed by atoms with van der Waals surface area (Å²) in [7, 11) is 0. The van der Waals surface area contributed by atoms with Crippen LogP contribution in [0.15, 0.2) is 36.7 Å². The number of rotatable bonds is 4. The number of likely N-dealkylation sites (tertiary alicyclic amines) is 1. The number of pyridine rings is 1. The molecule has 1 saturated heterocycles. The van der Waals surface area contributed by atoms with Crippen LogP contribution in [-0.4, -0.2) is 44.2 Å². The van der Waals surface area contributed by atoms with Crippen molar-refractivity contribution < 1.29 is 9.53 Å². The van der Waals surface area contributed by atoms with Gasteiger partial charge in [0.2, 0.25) is 0 Å². The van der Waals surface area contributed by atoms with Crippen LogP contribution in [0.2, 0.25) is 5.02 Å². The van der Waals surface area contributed by atoms with Crippen molar-refractivity contribution in [1.82, 2.24) is 18.6 Å². The Bertz CT molecular complexity index is 924. The number of fused-ring (bicyclic) bond motifs is 1. The van der Waals surface area contributed by atoms with Gasteiger partial charge in [-0.1, -0.05) is 11.6 Å². The van der Waals surface area contributed by atoms with Crippen molar-refractivity contribution in [3.05, 3.63) is 47.2 Å². The van der Waals surface area contributed by atoms with Gasteiger partial charge in [-0.2, -0.15) is 8.75 Å². The standard InChI is InChI=1S/C18H17ClN4O2S/c19-14-10-20-6-3-17(14)25-11-12-4-7-23(8-5-12)18(24)13-1-2-15-16(9-13)22-26-21-15/h1-3,6,9-10,12H,4-5,7-8,11H2. The summed E-state index contributed by atoms with van der Waals surface area (Å²) < 4.78 is 14.2. The van der Waals surface area contributed by atoms with E-state index in [9.17, 15) is 4.79 Å². The average Bonchev–Trinajstić information content (AvgIpc) is 3.15. The number of piperidine rings is 1. The highest BCUT2D eigenvalue weighted by atomic mass is 35.5. The first-order valence-corrected chi connectivity index (χ1v) is 9.55. The molecule has 0 atom stereocenters. The smallest absolute Gasteiger partial charge is 0.253 e. The summed E-state index contributed by atoms with van der Waals surface area (Å²) in [5.41, 5.74) is 2.28. The van der Waals surface area contributed by atoms with Crippen LogP contribution in [0.3, 0.4) is 0 Å². The SMILES string of the molecule is O=C(c1ccc2nsnc2c1)N1CCC(COc2ccncc2Cl)CC1. The second kappa shape index (κ2) is 7.55. The minimum atomic E-state index is 0.0523. The summed E-state index contributed by atoms with van der Waals surface area (Å²) in [6.07, 6.45) is 5.06. The molecular weight excluding hydrogens is 372 g/mol. The molecule has 3 aromatic rings. The Morgan fingerprint density at radius 2 is 2.04 bits per heavy atom. The summed E-state index contributed by atoms with van der Waals surface area (Å²) in [5.74, 6) is 1.12. The summed E-state index contributed by atoms with van der Waals surface area (Å²) in [4.78, 5) is 18.6. The molecule has 0 saturated carbocycles. The molecule has 1 aliphatic rings. The highest BCUT2D eigenvalue weighted by molar-refractivity contribution is 7.00. The van der Waals surface area contributed by atoms with Crippen molar-refractivity contribution in [2.45, 2.75) is 12.8 Å². The number of ether oxygens (including phenoxy) is 1. The van der Waals surface area contributed by atoms with Gasteiger partial charge in [0.25, 0.3) is 5.91 Å². The van der Waals surface area contributed by atoms with Crippen molar-refractivity contribution in [1.29, 1.82) is 0 Å². The first kappa shape index (κ1) is 17.2. The Morgan fingerprint density at radius 1 is 1.23 bits per heavy atom. The van der Waals surface area contributed by atoms with Gasteiger partial charge in [0, 0.05) is 37.1 Å². The third kappa shape index (κ3) is 3.64. The molecule has 4 rings (SSSR count). The molecule has 1 aromatic carbocycles. The lowest BCUT2D eigenvalue weighted by molar-refractivity contribution is 0.0661. The lowest BCUT2D eigenvalue weighted by Crippen LogP contribution is -2.39. The van der Waals surface area contributed by atoms with Crippen LogP contribution in [0.4, 0.5) is 0 Å². The molecule has 0 aliphatic carbocycles. The zero-order valence-electron chi connectivity index (χ0n) is 14.0. The average molecular weight is 389 g/mol. The molecule has 134 valence electrons. The minimum absolute atomic E-state index is 0.0523. The fraction of sp³-hybridized carbons (Fsp3) is 0.333. The van der Waals surface area contributed by atoms with Crippen molar-refractivity contribution in [3.63, 3.8) is 0 Å². The molecule has 0 bridgehead atoms. The van der Waals surface area contributed by atoms with Gasteiger partial charge in [-0.15, -0.1) is 0 Å². The normalized spacial score (nSPS) is 15.3. The van der Waals surface area contributed by atoms with Gasteiger partial charge in [-0.3, -0.25) is 9.78 Å². The number of amides is 1. The Kier molecular flexibility index (Phi) is 4.99. The van der Waals surface area contributed by atoms with E-state index < -0.39 is 0 Å². The minimum Gasteiger partial charge on any atom is -0.492 e. The van der Waals surface area contributed by atoms with Crippen molar-refractivity contribution in [2.75, 3.05) is 19.7 Å². The lowest BCUT2D eigenvalue weighted by Gasteiger charge is -2.32. The van der Waals surface area contributed by atoms with Gasteiger partial charge < -0.3 is 9.64 Å². The number of carbonyl (C=O) groups excluding carboxylic acids is 1. The fourth-order valence-corrected chi connectivity index (χ4v) is 3.78. The van der Waals surface area contributed by atoms with Crippen LogP contribution in [-0.2, 0) is 0 Å². The largest absolute Gasteiger partial charge is 0.492 e. The van der Waals surface area contributed by atoms with E-state index in [2.05, 4.69) is 13.7 Å². The van der Waals surface area contributed by atoms with Gasteiger partial charge in [0.15, 0.2) is 0 Å². The lowest BCUT2D eigenvalue weighted by atomic mass is 9.97. The van der Waals surface area contributed by atoms with E-state index >= 15 is 0 Å². The van der Waals surface area contributed by atoms with Gasteiger partial charge >= 0.3 is 0 Å². The van der Waals surface area contributed by atoms with Crippen LogP contribution < -0.4 is 4.74 Å². The Labute approximate surface area is 160 Å². The second-order valence-electron chi connectivity index (χ2n) is 6.32. The molecule has 8 heteroatoms. The van der Waals surface area contributed by atoms with E-state index in [1.165, 1.54) is 0 Å². The Hall–Kier alpha value is -2.25. The maximum absolute atomic E-state index is 12.7. The van der Waals surface area contributed by atoms with E-state index in [0.29, 0.717) is 28.9 Å². The molecule has 3 heterocycles. The summed E-state index contributed by atoms with van der Waals surface area (Å²) in [5, 5.41) is 0.520. The molecule has 2 aromatic heterocycles. The molecule has 1 amide bonds. The molecule has 6 nitrogen and oxygen atoms in total. The molecule has 1 aliphatic heterocycles. The number of nitrogens with zero attached hydrogens (tertiary/aromatic N) is 4. The maximum atomic E-state index is 12.7. The van der Waals surface area contributed by atoms with Crippen molar-refractivity contribution in [2.24, 2.45) is 5.92 Å². The van der Waals surface area contributed by atoms with E-state index in [4.69, 9.17) is 16.3 Å². The van der Waals surface area contributed by atoms with Gasteiger partial charge in [0.05, 0.1) is 18.3 Å². The third-order valence-electron chi connectivity index (χ3n) is 4.61. The predicted molar refractivity (Wildman–Crippen MR) is 101 cm³/mol. The number of benzene rings is 1. The van der Waals surface area contributed by atoms with E-state index in [1.807, 2.05) is 23.1 Å². The molecule has 0 N–H and O–H groups in total. The number of halogens is 1. The van der Waals surface area contributed by atoms with Gasteiger partial charge in [-0.05, 0) is 37.0 Å². The quantitative estimate of drug-likeness (QED) is 0.682. The van der Waals surface area contributed by atoms with E-state index in [0.717, 1.165) is 48.7 Å². The van der Waals surface area contributed by atoms with E-state index in [1.54, 1.807) is 18.5 Å². The third-order valence-corrected chi connectivity index (χ3v) is 5.45. The zero-order valence-corrected chi connectivity index (χ0v) is 15.5. The highest BCUT2D eigenvalue weighted by Gasteiger charge is 2.24. The molecule has 0 unspecified atom stereocenters. The van der Waals surface area contributed by atoms with Crippen LogP contribution in [0, 0.1) is 5.92 Å². The second-order valence-corrected chi connectivity index (χ2v) is 7.26. The first-order chi connectivity index (χ1) is 12.7. The van der Waals surface area contributed by atoms with Crippen molar-refractivity contribution in [3.8, 4) is 5.75 Å². The van der Waals surface area contributed by atoms with Gasteiger partial charge in [-0.25, -0.2) is 0 Å². The molecule has 0 spiro atoms. The number of hydrogen-bond acceptors (Lipinski definition) is 6. The monoisotopic (exact) mass is 388 g/mol. The van der Waals surface area contributed by atoms with Crippen LogP contribution >= 0.6 is 23.3 Å². The van der Waals surface area contributed by atoms with Crippen LogP contribution in [0.5, 0.6) is 5.75 Å². The number of aromatic nitrogens is 3. The summed E-state index contributed by atoms with van der Waals surface area (Å²) in [6, 6.07) is 7.27. The molecular formula is C18H17ClN4O2S. The molecule has 26 heavy (non-hydrogen) atoms. The Morgan fingerprint density at radius 3 is 2.85 bits per heavy atom. The van der Waals surface area contributed by atoms with Crippen LogP contribution in [0.25, 0.3) is 11.0 Å². The predicted octanol–water partition coefficient (Wildman–Crippen LogP) is 3.67.